The van der Waals surface area contributed by atoms with Crippen LogP contribution >= 0.6 is 0 Å². The highest BCUT2D eigenvalue weighted by atomic mass is 79.9. The van der Waals surface area contributed by atoms with Crippen molar-refractivity contribution in [3.05, 3.63) is 65.2 Å². The largest absolute Gasteiger partial charge is 1.00 e. The number of carbonyl (C=O) groups excluding carboxylic acids is 1. The van der Waals surface area contributed by atoms with Gasteiger partial charge in [0.15, 0.2) is 5.71 Å². The molecule has 1 aliphatic heterocycles. The van der Waals surface area contributed by atoms with Crippen LogP contribution in [0.4, 0.5) is 11.4 Å². The second kappa shape index (κ2) is 8.31. The third-order valence-corrected chi connectivity index (χ3v) is 5.30. The highest BCUT2D eigenvalue weighted by Crippen LogP contribution is 2.40. The van der Waals surface area contributed by atoms with Gasteiger partial charge in [-0.1, -0.05) is 12.1 Å². The minimum absolute atomic E-state index is 0. The van der Waals surface area contributed by atoms with Gasteiger partial charge in [-0.3, -0.25) is 0 Å². The monoisotopic (exact) mass is 442 g/mol. The first kappa shape index (κ1) is 21.9. The zero-order valence-electron chi connectivity index (χ0n) is 17.3. The molecule has 0 bridgehead atoms. The summed E-state index contributed by atoms with van der Waals surface area (Å²) >= 11 is 0. The Labute approximate surface area is 177 Å². The third kappa shape index (κ3) is 3.90. The Morgan fingerprint density at radius 3 is 2.29 bits per heavy atom. The van der Waals surface area contributed by atoms with Gasteiger partial charge in [0.2, 0.25) is 5.69 Å². The number of allylic oxidation sites excluding steroid dienone is 1. The molecule has 0 unspecified atom stereocenters. The molecule has 1 aliphatic rings. The zero-order valence-corrected chi connectivity index (χ0v) is 18.9. The van der Waals surface area contributed by atoms with Gasteiger partial charge < -0.3 is 26.6 Å². The molecule has 0 radical (unpaired) electrons. The Bertz CT molecular complexity index is 942. The van der Waals surface area contributed by atoms with E-state index in [1.54, 1.807) is 0 Å². The number of nitrogens with zero attached hydrogens (tertiary/aromatic N) is 2. The molecule has 2 aromatic rings. The number of benzene rings is 2. The van der Waals surface area contributed by atoms with E-state index in [4.69, 9.17) is 4.74 Å². The van der Waals surface area contributed by atoms with Gasteiger partial charge in [0.05, 0.1) is 18.1 Å². The van der Waals surface area contributed by atoms with Crippen LogP contribution < -0.4 is 21.9 Å². The number of rotatable bonds is 4. The number of methoxy groups -OCH3 is 1. The van der Waals surface area contributed by atoms with Crippen LogP contribution in [0.5, 0.6) is 0 Å². The Balaban J connectivity index is 0.00000280. The highest BCUT2D eigenvalue weighted by Gasteiger charge is 2.43. The fourth-order valence-corrected chi connectivity index (χ4v) is 3.64. The van der Waals surface area contributed by atoms with E-state index in [2.05, 4.69) is 66.8 Å². The van der Waals surface area contributed by atoms with E-state index in [0.29, 0.717) is 5.56 Å². The predicted octanol–water partition coefficient (Wildman–Crippen LogP) is 1.26. The summed E-state index contributed by atoms with van der Waals surface area (Å²) in [7, 11) is 7.56. The zero-order chi connectivity index (χ0) is 19.8. The van der Waals surface area contributed by atoms with Gasteiger partial charge in [-0.05, 0) is 49.8 Å². The van der Waals surface area contributed by atoms with Crippen LogP contribution in [0.1, 0.15) is 35.3 Å². The molecule has 28 heavy (non-hydrogen) atoms. The van der Waals surface area contributed by atoms with E-state index in [-0.39, 0.29) is 28.4 Å². The summed E-state index contributed by atoms with van der Waals surface area (Å²) in [5.74, 6) is -0.304. The molecule has 0 saturated heterocycles. The average molecular weight is 443 g/mol. The molecule has 0 amide bonds. The maximum absolute atomic E-state index is 11.9. The molecule has 3 rings (SSSR count). The van der Waals surface area contributed by atoms with Crippen molar-refractivity contribution in [2.45, 2.75) is 19.3 Å². The Morgan fingerprint density at radius 1 is 1.07 bits per heavy atom. The van der Waals surface area contributed by atoms with Gasteiger partial charge in [-0.2, -0.15) is 4.58 Å². The van der Waals surface area contributed by atoms with Crippen LogP contribution in [0.25, 0.3) is 6.08 Å². The molecule has 0 fully saturated rings. The molecule has 1 heterocycles. The molecule has 5 heteroatoms. The fourth-order valence-electron chi connectivity index (χ4n) is 3.64. The van der Waals surface area contributed by atoms with Crippen LogP contribution in [-0.4, -0.2) is 44.5 Å². The molecular formula is C23H27BrN2O2. The molecule has 0 aliphatic carbocycles. The normalized spacial score (nSPS) is 14.6. The highest BCUT2D eigenvalue weighted by molar-refractivity contribution is 6.05. The van der Waals surface area contributed by atoms with E-state index in [9.17, 15) is 4.79 Å². The number of ether oxygens (including phenoxy) is 1. The van der Waals surface area contributed by atoms with Crippen molar-refractivity contribution in [3.63, 3.8) is 0 Å². The molecule has 0 aromatic heterocycles. The van der Waals surface area contributed by atoms with Crippen LogP contribution in [0.3, 0.4) is 0 Å². The van der Waals surface area contributed by atoms with Crippen molar-refractivity contribution in [1.82, 2.24) is 0 Å². The smallest absolute Gasteiger partial charge is 0.337 e. The van der Waals surface area contributed by atoms with Gasteiger partial charge in [0, 0.05) is 37.5 Å². The molecule has 148 valence electrons. The lowest BCUT2D eigenvalue weighted by Crippen LogP contribution is -3.00. The van der Waals surface area contributed by atoms with Gasteiger partial charge in [-0.15, -0.1) is 0 Å². The van der Waals surface area contributed by atoms with Gasteiger partial charge in [0.25, 0.3) is 0 Å². The molecular weight excluding hydrogens is 416 g/mol. The van der Waals surface area contributed by atoms with Gasteiger partial charge in [0.1, 0.15) is 7.05 Å². The summed E-state index contributed by atoms with van der Waals surface area (Å²) in [5, 5.41) is 0. The number of esters is 1. The second-order valence-electron chi connectivity index (χ2n) is 7.61. The summed E-state index contributed by atoms with van der Waals surface area (Å²) in [5.41, 5.74) is 6.17. The average Bonchev–Trinajstić information content (AvgIpc) is 2.85. The standard InChI is InChI=1S/C23H27N2O2.BrH/c1-23(2)19-15-17(22(26)27-6)10-13-20(19)25(5)21(23)14-9-16-7-11-18(12-8-16)24(3)4;/h7-15H,1-6H3;1H/q+1;/p-1. The first-order valence-corrected chi connectivity index (χ1v) is 9.05. The van der Waals surface area contributed by atoms with Crippen molar-refractivity contribution in [3.8, 4) is 0 Å². The van der Waals surface area contributed by atoms with Crippen LogP contribution in [0.2, 0.25) is 0 Å². The molecule has 0 N–H and O–H groups in total. The minimum atomic E-state index is -0.304. The lowest BCUT2D eigenvalue weighted by atomic mass is 9.80. The van der Waals surface area contributed by atoms with Gasteiger partial charge >= 0.3 is 5.97 Å². The Hall–Kier alpha value is -2.40. The maximum atomic E-state index is 11.9. The number of halogens is 1. The van der Waals surface area contributed by atoms with E-state index in [1.165, 1.54) is 18.5 Å². The third-order valence-electron chi connectivity index (χ3n) is 5.30. The van der Waals surface area contributed by atoms with Crippen molar-refractivity contribution in [2.24, 2.45) is 0 Å². The Morgan fingerprint density at radius 2 is 1.71 bits per heavy atom. The Kier molecular flexibility index (Phi) is 6.50. The number of hydrogen-bond donors (Lipinski definition) is 0. The SMILES string of the molecule is COC(=O)c1ccc2c(c1)C(C)(C)C(/C=C/c1ccc(N(C)C)cc1)=[N+]2C.[Br-]. The van der Waals surface area contributed by atoms with E-state index in [0.717, 1.165) is 16.8 Å². The summed E-state index contributed by atoms with van der Waals surface area (Å²) < 4.78 is 7.07. The van der Waals surface area contributed by atoms with Crippen LogP contribution in [-0.2, 0) is 10.2 Å². The van der Waals surface area contributed by atoms with Crippen LogP contribution in [0.15, 0.2) is 48.5 Å². The number of fused-ring (bicyclic) bond motifs is 1. The quantitative estimate of drug-likeness (QED) is 0.527. The molecule has 0 spiro atoms. The first-order chi connectivity index (χ1) is 12.8. The molecule has 0 atom stereocenters. The van der Waals surface area contributed by atoms with Crippen molar-refractivity contribution in [2.75, 3.05) is 33.2 Å². The van der Waals surface area contributed by atoms with E-state index < -0.39 is 0 Å². The first-order valence-electron chi connectivity index (χ1n) is 9.05. The molecule has 4 nitrogen and oxygen atoms in total. The summed E-state index contributed by atoms with van der Waals surface area (Å²) in [4.78, 5) is 14.0. The summed E-state index contributed by atoms with van der Waals surface area (Å²) in [6.07, 6.45) is 4.31. The maximum Gasteiger partial charge on any atom is 0.337 e. The second-order valence-corrected chi connectivity index (χ2v) is 7.61. The minimum Gasteiger partial charge on any atom is -1.00 e. The van der Waals surface area contributed by atoms with Crippen molar-refractivity contribution < 1.29 is 31.1 Å². The van der Waals surface area contributed by atoms with E-state index >= 15 is 0 Å². The topological polar surface area (TPSA) is 32.5 Å². The predicted molar refractivity (Wildman–Crippen MR) is 111 cm³/mol. The fraction of sp³-hybridized carbons (Fsp3) is 0.304. The summed E-state index contributed by atoms with van der Waals surface area (Å²) in [6.45, 7) is 4.37. The number of anilines is 1. The van der Waals surface area contributed by atoms with Gasteiger partial charge in [-0.25, -0.2) is 4.79 Å². The number of hydrogen-bond acceptors (Lipinski definition) is 3. The lowest BCUT2D eigenvalue weighted by molar-refractivity contribution is -0.401. The van der Waals surface area contributed by atoms with Crippen LogP contribution in [0, 0.1) is 0 Å². The lowest BCUT2D eigenvalue weighted by Gasteiger charge is -2.16. The van der Waals surface area contributed by atoms with Crippen molar-refractivity contribution in [1.29, 1.82) is 0 Å². The van der Waals surface area contributed by atoms with E-state index in [1.807, 2.05) is 32.3 Å². The van der Waals surface area contributed by atoms with Crippen molar-refractivity contribution >= 4 is 29.1 Å². The molecule has 2 aromatic carbocycles. The number of carbonyl (C=O) groups is 1. The summed E-state index contributed by atoms with van der Waals surface area (Å²) in [6, 6.07) is 14.2. The molecule has 0 saturated carbocycles.